The maximum Gasteiger partial charge on any atom is 0.271 e. The monoisotopic (exact) mass is 377 g/mol. The van der Waals surface area contributed by atoms with E-state index in [1.807, 2.05) is 44.1 Å². The number of aryl methyl sites for hydroxylation is 1. The number of carbonyl (C=O) groups excluding carboxylic acids is 1. The molecular weight excluding hydrogens is 358 g/mol. The molecule has 1 aromatic heterocycles. The van der Waals surface area contributed by atoms with Gasteiger partial charge in [0, 0.05) is 17.6 Å². The first-order valence-electron chi connectivity index (χ1n) is 7.25. The fourth-order valence-electron chi connectivity index (χ4n) is 1.86. The average Bonchev–Trinajstić information content (AvgIpc) is 2.50. The van der Waals surface area contributed by atoms with Crippen LogP contribution >= 0.6 is 15.9 Å². The van der Waals surface area contributed by atoms with Crippen molar-refractivity contribution in [2.45, 2.75) is 6.92 Å². The maximum absolute atomic E-state index is 11.9. The Labute approximate surface area is 144 Å². The number of nitrogens with zero attached hydrogens (tertiary/aromatic N) is 3. The Morgan fingerprint density at radius 2 is 2.00 bits per heavy atom. The highest BCUT2D eigenvalue weighted by molar-refractivity contribution is 9.10. The molecule has 2 aromatic rings. The largest absolute Gasteiger partial charge is 0.349 e. The van der Waals surface area contributed by atoms with E-state index in [9.17, 15) is 4.79 Å². The first-order valence-corrected chi connectivity index (χ1v) is 8.05. The van der Waals surface area contributed by atoms with Crippen molar-refractivity contribution in [2.75, 3.05) is 32.5 Å². The third-order valence-electron chi connectivity index (χ3n) is 3.13. The average molecular weight is 378 g/mol. The lowest BCUT2D eigenvalue weighted by Gasteiger charge is -2.10. The minimum atomic E-state index is -0.220. The summed E-state index contributed by atoms with van der Waals surface area (Å²) in [5.41, 5.74) is 2.36. The second kappa shape index (κ2) is 8.03. The summed E-state index contributed by atoms with van der Waals surface area (Å²) < 4.78 is 0.949. The van der Waals surface area contributed by atoms with Crippen molar-refractivity contribution >= 4 is 33.3 Å². The van der Waals surface area contributed by atoms with Gasteiger partial charge in [0.05, 0.1) is 5.69 Å². The summed E-state index contributed by atoms with van der Waals surface area (Å²) in [5, 5.41) is 14.0. The van der Waals surface area contributed by atoms with E-state index in [-0.39, 0.29) is 5.91 Å². The third kappa shape index (κ3) is 5.30. The molecule has 0 bridgehead atoms. The normalized spacial score (nSPS) is 10.7. The van der Waals surface area contributed by atoms with Crippen molar-refractivity contribution in [2.24, 2.45) is 0 Å². The smallest absolute Gasteiger partial charge is 0.271 e. The number of halogens is 1. The first-order chi connectivity index (χ1) is 11.0. The first kappa shape index (κ1) is 17.4. The zero-order chi connectivity index (χ0) is 16.8. The van der Waals surface area contributed by atoms with Crippen LogP contribution in [0.3, 0.4) is 0 Å². The van der Waals surface area contributed by atoms with Crippen LogP contribution in [-0.2, 0) is 0 Å². The van der Waals surface area contributed by atoms with Gasteiger partial charge in [-0.05, 0) is 66.8 Å². The molecule has 0 aliphatic rings. The Balaban J connectivity index is 1.97. The number of nitrogens with one attached hydrogen (secondary N) is 2. The van der Waals surface area contributed by atoms with Crippen LogP contribution in [0.25, 0.3) is 0 Å². The standard InChI is InChI=1S/C16H20BrN5O/c1-11-4-5-13(12(17)10-11)19-15-7-6-14(20-21-15)16(23)18-8-9-22(2)3/h4-7,10H,8-9H2,1-3H3,(H,18,23)(H,19,21). The number of hydrogen-bond donors (Lipinski definition) is 2. The Morgan fingerprint density at radius 1 is 1.22 bits per heavy atom. The van der Waals surface area contributed by atoms with Crippen molar-refractivity contribution in [1.29, 1.82) is 0 Å². The minimum absolute atomic E-state index is 0.220. The number of benzene rings is 1. The van der Waals surface area contributed by atoms with Crippen LogP contribution in [0.5, 0.6) is 0 Å². The fourth-order valence-corrected chi connectivity index (χ4v) is 2.46. The minimum Gasteiger partial charge on any atom is -0.349 e. The molecule has 0 aliphatic carbocycles. The highest BCUT2D eigenvalue weighted by Crippen LogP contribution is 2.25. The number of likely N-dealkylation sites (N-methyl/N-ethyl adjacent to an activating group) is 1. The quantitative estimate of drug-likeness (QED) is 0.809. The molecule has 0 aliphatic heterocycles. The van der Waals surface area contributed by atoms with Crippen molar-refractivity contribution < 1.29 is 4.79 Å². The second-order valence-corrected chi connectivity index (χ2v) is 6.33. The van der Waals surface area contributed by atoms with Crippen LogP contribution in [0, 0.1) is 6.92 Å². The summed E-state index contributed by atoms with van der Waals surface area (Å²) in [6.45, 7) is 3.38. The van der Waals surface area contributed by atoms with Gasteiger partial charge in [-0.1, -0.05) is 6.07 Å². The van der Waals surface area contributed by atoms with Crippen molar-refractivity contribution in [3.8, 4) is 0 Å². The molecule has 1 aromatic carbocycles. The van der Waals surface area contributed by atoms with Gasteiger partial charge >= 0.3 is 0 Å². The van der Waals surface area contributed by atoms with Gasteiger partial charge in [-0.15, -0.1) is 10.2 Å². The lowest BCUT2D eigenvalue weighted by molar-refractivity contribution is 0.0945. The molecule has 1 heterocycles. The Kier molecular flexibility index (Phi) is 6.06. The van der Waals surface area contributed by atoms with E-state index < -0.39 is 0 Å². The van der Waals surface area contributed by atoms with Gasteiger partial charge in [0.2, 0.25) is 0 Å². The van der Waals surface area contributed by atoms with E-state index in [1.54, 1.807) is 12.1 Å². The molecule has 2 rings (SSSR count). The molecule has 1 amide bonds. The van der Waals surface area contributed by atoms with Crippen LogP contribution in [-0.4, -0.2) is 48.2 Å². The highest BCUT2D eigenvalue weighted by Gasteiger charge is 2.08. The number of hydrogen-bond acceptors (Lipinski definition) is 5. The van der Waals surface area contributed by atoms with Crippen molar-refractivity contribution in [3.05, 3.63) is 46.1 Å². The van der Waals surface area contributed by atoms with Gasteiger partial charge in [-0.2, -0.15) is 0 Å². The molecule has 23 heavy (non-hydrogen) atoms. The Morgan fingerprint density at radius 3 is 2.61 bits per heavy atom. The van der Waals surface area contributed by atoms with Crippen LogP contribution in [0.4, 0.5) is 11.5 Å². The lowest BCUT2D eigenvalue weighted by Crippen LogP contribution is -2.31. The topological polar surface area (TPSA) is 70.2 Å². The van der Waals surface area contributed by atoms with Crippen molar-refractivity contribution in [3.63, 3.8) is 0 Å². The summed E-state index contributed by atoms with van der Waals surface area (Å²) in [7, 11) is 3.91. The van der Waals surface area contributed by atoms with E-state index >= 15 is 0 Å². The zero-order valence-electron chi connectivity index (χ0n) is 13.4. The maximum atomic E-state index is 11.9. The number of rotatable bonds is 6. The lowest BCUT2D eigenvalue weighted by atomic mass is 10.2. The molecule has 7 heteroatoms. The second-order valence-electron chi connectivity index (χ2n) is 5.47. The van der Waals surface area contributed by atoms with Gasteiger partial charge in [-0.3, -0.25) is 4.79 Å². The molecule has 0 fully saturated rings. The van der Waals surface area contributed by atoms with Gasteiger partial charge < -0.3 is 15.5 Å². The molecule has 2 N–H and O–H groups in total. The molecule has 0 atom stereocenters. The van der Waals surface area contributed by atoms with E-state index in [1.165, 1.54) is 5.56 Å². The molecule has 0 saturated carbocycles. The summed E-state index contributed by atoms with van der Waals surface area (Å²) in [5.74, 6) is 0.363. The number of carbonyl (C=O) groups is 1. The summed E-state index contributed by atoms with van der Waals surface area (Å²) in [6.07, 6.45) is 0. The van der Waals surface area contributed by atoms with Gasteiger partial charge in [0.25, 0.3) is 5.91 Å². The van der Waals surface area contributed by atoms with E-state index in [2.05, 4.69) is 36.8 Å². The highest BCUT2D eigenvalue weighted by atomic mass is 79.9. The predicted molar refractivity (Wildman–Crippen MR) is 95.1 cm³/mol. The number of aromatic nitrogens is 2. The zero-order valence-corrected chi connectivity index (χ0v) is 15.0. The summed E-state index contributed by atoms with van der Waals surface area (Å²) >= 11 is 3.50. The van der Waals surface area contributed by atoms with E-state index in [0.29, 0.717) is 18.1 Å². The predicted octanol–water partition coefficient (Wildman–Crippen LogP) is 2.58. The molecule has 122 valence electrons. The number of anilines is 2. The summed E-state index contributed by atoms with van der Waals surface area (Å²) in [6, 6.07) is 9.38. The molecular formula is C16H20BrN5O. The molecule has 0 saturated heterocycles. The van der Waals surface area contributed by atoms with E-state index in [4.69, 9.17) is 0 Å². The Hall–Kier alpha value is -1.99. The number of amides is 1. The van der Waals surface area contributed by atoms with Gasteiger partial charge in [-0.25, -0.2) is 0 Å². The SMILES string of the molecule is Cc1ccc(Nc2ccc(C(=O)NCCN(C)C)nn2)c(Br)c1. The third-order valence-corrected chi connectivity index (χ3v) is 3.79. The molecule has 0 unspecified atom stereocenters. The van der Waals surface area contributed by atoms with Gasteiger partial charge in [0.15, 0.2) is 11.5 Å². The van der Waals surface area contributed by atoms with Crippen LogP contribution in [0.2, 0.25) is 0 Å². The van der Waals surface area contributed by atoms with Crippen LogP contribution < -0.4 is 10.6 Å². The van der Waals surface area contributed by atoms with E-state index in [0.717, 1.165) is 16.7 Å². The van der Waals surface area contributed by atoms with Crippen molar-refractivity contribution in [1.82, 2.24) is 20.4 Å². The summed E-state index contributed by atoms with van der Waals surface area (Å²) in [4.78, 5) is 13.9. The Bertz CT molecular complexity index is 673. The van der Waals surface area contributed by atoms with Gasteiger partial charge in [0.1, 0.15) is 0 Å². The van der Waals surface area contributed by atoms with Crippen LogP contribution in [0.1, 0.15) is 16.1 Å². The molecule has 6 nitrogen and oxygen atoms in total. The molecule has 0 radical (unpaired) electrons. The fraction of sp³-hybridized carbons (Fsp3) is 0.312. The van der Waals surface area contributed by atoms with Crippen LogP contribution in [0.15, 0.2) is 34.8 Å². The molecule has 0 spiro atoms.